The second-order valence-electron chi connectivity index (χ2n) is 4.89. The largest absolute Gasteiger partial charge is 0.497 e. The minimum Gasteiger partial charge on any atom is -0.497 e. The highest BCUT2D eigenvalue weighted by molar-refractivity contribution is 5.69. The predicted molar refractivity (Wildman–Crippen MR) is 82.8 cm³/mol. The Morgan fingerprint density at radius 1 is 1.14 bits per heavy atom. The Kier molecular flexibility index (Phi) is 4.33. The molecule has 1 heterocycles. The van der Waals surface area contributed by atoms with Crippen LogP contribution < -0.4 is 20.8 Å². The van der Waals surface area contributed by atoms with Gasteiger partial charge in [0.1, 0.15) is 11.5 Å². The third-order valence-corrected chi connectivity index (χ3v) is 3.51. The first-order chi connectivity index (χ1) is 9.99. The number of hydrogen-bond donors (Lipinski definition) is 1. The monoisotopic (exact) mass is 288 g/mol. The second-order valence-corrected chi connectivity index (χ2v) is 4.89. The van der Waals surface area contributed by atoms with E-state index in [2.05, 4.69) is 0 Å². The van der Waals surface area contributed by atoms with Crippen LogP contribution >= 0.6 is 0 Å². The first kappa shape index (κ1) is 15.1. The maximum Gasteiger partial charge on any atom is 0.255 e. The van der Waals surface area contributed by atoms with Crippen LogP contribution in [-0.2, 0) is 7.05 Å². The van der Waals surface area contributed by atoms with E-state index >= 15 is 0 Å². The fourth-order valence-electron chi connectivity index (χ4n) is 2.29. The average molecular weight is 288 g/mol. The van der Waals surface area contributed by atoms with Crippen molar-refractivity contribution in [2.45, 2.75) is 13.0 Å². The van der Waals surface area contributed by atoms with Gasteiger partial charge in [-0.2, -0.15) is 0 Å². The van der Waals surface area contributed by atoms with Crippen molar-refractivity contribution in [2.24, 2.45) is 12.8 Å². The van der Waals surface area contributed by atoms with Crippen molar-refractivity contribution in [3.05, 3.63) is 46.2 Å². The summed E-state index contributed by atoms with van der Waals surface area (Å²) in [6, 6.07) is 8.82. The van der Waals surface area contributed by atoms with Gasteiger partial charge in [0.25, 0.3) is 5.56 Å². The molecule has 21 heavy (non-hydrogen) atoms. The van der Waals surface area contributed by atoms with E-state index in [9.17, 15) is 4.79 Å². The fraction of sp³-hybridized carbons (Fsp3) is 0.312. The van der Waals surface area contributed by atoms with E-state index < -0.39 is 0 Å². The van der Waals surface area contributed by atoms with Gasteiger partial charge < -0.3 is 19.8 Å². The molecule has 0 radical (unpaired) electrons. The van der Waals surface area contributed by atoms with Crippen LogP contribution in [0.5, 0.6) is 11.5 Å². The van der Waals surface area contributed by atoms with Crippen molar-refractivity contribution in [3.63, 3.8) is 0 Å². The molecule has 2 aromatic rings. The molecular formula is C16H20N2O3. The molecule has 0 amide bonds. The highest BCUT2D eigenvalue weighted by Crippen LogP contribution is 2.32. The number of hydrogen-bond acceptors (Lipinski definition) is 4. The van der Waals surface area contributed by atoms with Gasteiger partial charge in [-0.05, 0) is 37.3 Å². The molecule has 1 unspecified atom stereocenters. The van der Waals surface area contributed by atoms with Crippen LogP contribution in [0.25, 0.3) is 11.3 Å². The van der Waals surface area contributed by atoms with E-state index in [1.807, 2.05) is 24.3 Å². The lowest BCUT2D eigenvalue weighted by atomic mass is 10.1. The Bertz CT molecular complexity index is 705. The first-order valence-corrected chi connectivity index (χ1v) is 6.67. The third kappa shape index (κ3) is 2.78. The van der Waals surface area contributed by atoms with Crippen LogP contribution in [-0.4, -0.2) is 18.8 Å². The van der Waals surface area contributed by atoms with E-state index in [0.29, 0.717) is 17.1 Å². The molecule has 0 saturated carbocycles. The van der Waals surface area contributed by atoms with E-state index in [-0.39, 0.29) is 11.6 Å². The quantitative estimate of drug-likeness (QED) is 0.935. The average Bonchev–Trinajstić information content (AvgIpc) is 2.49. The number of ether oxygens (including phenoxy) is 2. The van der Waals surface area contributed by atoms with E-state index in [4.69, 9.17) is 15.2 Å². The molecule has 0 aliphatic rings. The Labute approximate surface area is 123 Å². The number of nitrogens with two attached hydrogens (primary N) is 1. The number of aromatic nitrogens is 1. The Morgan fingerprint density at radius 3 is 2.43 bits per heavy atom. The molecule has 2 rings (SSSR count). The van der Waals surface area contributed by atoms with Crippen molar-refractivity contribution in [2.75, 3.05) is 14.2 Å². The lowest BCUT2D eigenvalue weighted by molar-refractivity contribution is 0.404. The van der Waals surface area contributed by atoms with Gasteiger partial charge in [-0.15, -0.1) is 0 Å². The summed E-state index contributed by atoms with van der Waals surface area (Å²) in [6.07, 6.45) is 0. The number of methoxy groups -OCH3 is 2. The molecule has 112 valence electrons. The Balaban J connectivity index is 2.67. The van der Waals surface area contributed by atoms with Crippen LogP contribution in [0, 0.1) is 0 Å². The molecule has 1 aromatic heterocycles. The van der Waals surface area contributed by atoms with Crippen molar-refractivity contribution < 1.29 is 9.47 Å². The molecule has 2 N–H and O–H groups in total. The Morgan fingerprint density at radius 2 is 1.86 bits per heavy atom. The van der Waals surface area contributed by atoms with Crippen molar-refractivity contribution in [3.8, 4) is 22.8 Å². The summed E-state index contributed by atoms with van der Waals surface area (Å²) in [7, 11) is 4.92. The maximum absolute atomic E-state index is 12.4. The molecule has 0 bridgehead atoms. The van der Waals surface area contributed by atoms with Crippen LogP contribution in [0.1, 0.15) is 18.5 Å². The lowest BCUT2D eigenvalue weighted by Gasteiger charge is -2.15. The molecule has 5 heteroatoms. The smallest absolute Gasteiger partial charge is 0.255 e. The summed E-state index contributed by atoms with van der Waals surface area (Å²) < 4.78 is 12.2. The fourth-order valence-corrected chi connectivity index (χ4v) is 2.29. The molecule has 0 spiro atoms. The molecular weight excluding hydrogens is 268 g/mol. The van der Waals surface area contributed by atoms with Crippen molar-refractivity contribution in [1.29, 1.82) is 0 Å². The zero-order valence-electron chi connectivity index (χ0n) is 12.7. The maximum atomic E-state index is 12.4. The van der Waals surface area contributed by atoms with E-state index in [0.717, 1.165) is 11.3 Å². The molecule has 1 aromatic carbocycles. The van der Waals surface area contributed by atoms with E-state index in [1.165, 1.54) is 0 Å². The number of benzene rings is 1. The zero-order chi connectivity index (χ0) is 15.6. The van der Waals surface area contributed by atoms with Crippen LogP contribution in [0.4, 0.5) is 0 Å². The molecule has 0 aliphatic carbocycles. The van der Waals surface area contributed by atoms with Crippen LogP contribution in [0.2, 0.25) is 0 Å². The SMILES string of the molecule is COc1ccc(OC)c(-c2ccc(C(C)N)c(=O)n2C)c1. The van der Waals surface area contributed by atoms with Crippen LogP contribution in [0.3, 0.4) is 0 Å². The topological polar surface area (TPSA) is 66.5 Å². The van der Waals surface area contributed by atoms with E-state index in [1.54, 1.807) is 38.8 Å². The number of rotatable bonds is 4. The predicted octanol–water partition coefficient (Wildman–Crippen LogP) is 2.09. The summed E-state index contributed by atoms with van der Waals surface area (Å²) in [4.78, 5) is 12.4. The Hall–Kier alpha value is -2.27. The summed E-state index contributed by atoms with van der Waals surface area (Å²) in [6.45, 7) is 1.79. The summed E-state index contributed by atoms with van der Waals surface area (Å²) >= 11 is 0. The zero-order valence-corrected chi connectivity index (χ0v) is 12.7. The summed E-state index contributed by atoms with van der Waals surface area (Å²) in [5, 5.41) is 0. The standard InChI is InChI=1S/C16H20N2O3/c1-10(17)12-6-7-14(18(2)16(12)19)13-9-11(20-3)5-8-15(13)21-4/h5-10H,17H2,1-4H3. The van der Waals surface area contributed by atoms with Crippen molar-refractivity contribution in [1.82, 2.24) is 4.57 Å². The minimum absolute atomic E-state index is 0.104. The highest BCUT2D eigenvalue weighted by Gasteiger charge is 2.14. The number of pyridine rings is 1. The van der Waals surface area contributed by atoms with Gasteiger partial charge in [0, 0.05) is 24.2 Å². The first-order valence-electron chi connectivity index (χ1n) is 6.67. The summed E-state index contributed by atoms with van der Waals surface area (Å²) in [5.41, 5.74) is 7.85. The van der Waals surface area contributed by atoms with Gasteiger partial charge in [-0.25, -0.2) is 0 Å². The van der Waals surface area contributed by atoms with Crippen molar-refractivity contribution >= 4 is 0 Å². The normalized spacial score (nSPS) is 12.0. The number of nitrogens with zero attached hydrogens (tertiary/aromatic N) is 1. The van der Waals surface area contributed by atoms with Gasteiger partial charge in [0.05, 0.1) is 19.9 Å². The van der Waals surface area contributed by atoms with Gasteiger partial charge in [0.15, 0.2) is 0 Å². The van der Waals surface area contributed by atoms with Crippen LogP contribution in [0.15, 0.2) is 35.1 Å². The van der Waals surface area contributed by atoms with Gasteiger partial charge in [-0.3, -0.25) is 4.79 Å². The molecule has 0 fully saturated rings. The van der Waals surface area contributed by atoms with Gasteiger partial charge >= 0.3 is 0 Å². The highest BCUT2D eigenvalue weighted by atomic mass is 16.5. The molecule has 0 aliphatic heterocycles. The molecule has 0 saturated heterocycles. The van der Waals surface area contributed by atoms with Gasteiger partial charge in [0.2, 0.25) is 0 Å². The molecule has 5 nitrogen and oxygen atoms in total. The summed E-state index contributed by atoms with van der Waals surface area (Å²) in [5.74, 6) is 1.38. The minimum atomic E-state index is -0.301. The third-order valence-electron chi connectivity index (χ3n) is 3.51. The lowest BCUT2D eigenvalue weighted by Crippen LogP contribution is -2.26. The second kappa shape index (κ2) is 6.01. The van der Waals surface area contributed by atoms with Gasteiger partial charge in [-0.1, -0.05) is 0 Å². The molecule has 1 atom stereocenters.